The molecule has 0 bridgehead atoms. The molecule has 6 heteroatoms. The van der Waals surface area contributed by atoms with Gasteiger partial charge in [-0.1, -0.05) is 18.2 Å². The topological polar surface area (TPSA) is 55.3 Å². The van der Waals surface area contributed by atoms with Crippen molar-refractivity contribution >= 4 is 11.7 Å². The van der Waals surface area contributed by atoms with Gasteiger partial charge in [0.15, 0.2) is 0 Å². The third-order valence-electron chi connectivity index (χ3n) is 4.73. The number of anilines is 1. The molecule has 2 aromatic carbocycles. The van der Waals surface area contributed by atoms with Crippen LogP contribution >= 0.6 is 0 Å². The van der Waals surface area contributed by atoms with E-state index in [0.29, 0.717) is 17.8 Å². The molecule has 5 nitrogen and oxygen atoms in total. The number of hydrogen-bond acceptors (Lipinski definition) is 2. The second-order valence-corrected chi connectivity index (χ2v) is 6.68. The first-order valence-corrected chi connectivity index (χ1v) is 9.03. The summed E-state index contributed by atoms with van der Waals surface area (Å²) in [6.07, 6.45) is 0. The molecule has 28 heavy (non-hydrogen) atoms. The Bertz CT molecular complexity index is 1010. The van der Waals surface area contributed by atoms with Crippen LogP contribution in [0.2, 0.25) is 0 Å². The fourth-order valence-corrected chi connectivity index (χ4v) is 3.21. The Labute approximate surface area is 164 Å². The maximum atomic E-state index is 13.6. The third-order valence-corrected chi connectivity index (χ3v) is 4.73. The highest BCUT2D eigenvalue weighted by Crippen LogP contribution is 2.27. The molecule has 0 aliphatic rings. The smallest absolute Gasteiger partial charge is 0.319 e. The molecule has 0 saturated heterocycles. The number of aryl methyl sites for hydroxylation is 2. The molecule has 2 N–H and O–H groups in total. The van der Waals surface area contributed by atoms with Gasteiger partial charge in [0.25, 0.3) is 0 Å². The van der Waals surface area contributed by atoms with Gasteiger partial charge in [-0.05, 0) is 62.2 Å². The van der Waals surface area contributed by atoms with Crippen LogP contribution in [0.25, 0.3) is 5.69 Å². The van der Waals surface area contributed by atoms with Crippen molar-refractivity contribution in [3.8, 4) is 11.4 Å². The summed E-state index contributed by atoms with van der Waals surface area (Å²) in [6, 6.07) is 14.1. The van der Waals surface area contributed by atoms with Gasteiger partial charge in [0.05, 0.1) is 12.8 Å². The average molecular weight is 381 g/mol. The summed E-state index contributed by atoms with van der Waals surface area (Å²) in [5, 5.41) is 5.48. The minimum absolute atomic E-state index is 0.349. The zero-order valence-corrected chi connectivity index (χ0v) is 16.5. The minimum Gasteiger partial charge on any atom is -0.495 e. The zero-order valence-electron chi connectivity index (χ0n) is 16.5. The molecule has 146 valence electrons. The van der Waals surface area contributed by atoms with Gasteiger partial charge in [0.2, 0.25) is 0 Å². The maximum absolute atomic E-state index is 13.6. The van der Waals surface area contributed by atoms with Gasteiger partial charge in [0.1, 0.15) is 11.6 Å². The van der Waals surface area contributed by atoms with E-state index in [4.69, 9.17) is 4.74 Å². The number of benzene rings is 2. The second-order valence-electron chi connectivity index (χ2n) is 6.68. The third kappa shape index (κ3) is 4.01. The standard InChI is InChI=1S/C22H24FN3O2/c1-14-9-10-18(12-19(14)23)25-22(27)24-13-17-11-15(2)26(16(17)3)20-7-5-6-8-21(20)28-4/h5-12H,13H2,1-4H3,(H2,24,25,27). The minimum atomic E-state index is -0.384. The molecule has 0 saturated carbocycles. The molecular weight excluding hydrogens is 357 g/mol. The molecule has 0 spiro atoms. The SMILES string of the molecule is COc1ccccc1-n1c(C)cc(CNC(=O)Nc2ccc(C)c(F)c2)c1C. The van der Waals surface area contributed by atoms with Crippen molar-refractivity contribution in [2.24, 2.45) is 0 Å². The Morgan fingerprint density at radius 1 is 1.11 bits per heavy atom. The molecule has 0 aliphatic carbocycles. The van der Waals surface area contributed by atoms with Crippen molar-refractivity contribution in [3.63, 3.8) is 0 Å². The Morgan fingerprint density at radius 3 is 2.57 bits per heavy atom. The first-order valence-electron chi connectivity index (χ1n) is 9.03. The molecule has 0 unspecified atom stereocenters. The van der Waals surface area contributed by atoms with Crippen molar-refractivity contribution in [2.45, 2.75) is 27.3 Å². The molecule has 3 rings (SSSR count). The van der Waals surface area contributed by atoms with Crippen LogP contribution in [0.1, 0.15) is 22.5 Å². The van der Waals surface area contributed by atoms with E-state index in [-0.39, 0.29) is 11.8 Å². The van der Waals surface area contributed by atoms with E-state index >= 15 is 0 Å². The van der Waals surface area contributed by atoms with Crippen molar-refractivity contribution in [1.29, 1.82) is 0 Å². The lowest BCUT2D eigenvalue weighted by atomic mass is 10.2. The van der Waals surface area contributed by atoms with Gasteiger partial charge >= 0.3 is 6.03 Å². The van der Waals surface area contributed by atoms with Crippen LogP contribution in [0.4, 0.5) is 14.9 Å². The fraction of sp³-hybridized carbons (Fsp3) is 0.227. The van der Waals surface area contributed by atoms with E-state index in [1.165, 1.54) is 6.07 Å². The number of para-hydroxylation sites is 2. The average Bonchev–Trinajstić information content (AvgIpc) is 2.96. The van der Waals surface area contributed by atoms with Gasteiger partial charge in [-0.2, -0.15) is 0 Å². The summed E-state index contributed by atoms with van der Waals surface area (Å²) in [5.74, 6) is 0.432. The van der Waals surface area contributed by atoms with Crippen molar-refractivity contribution in [3.05, 3.63) is 76.9 Å². The monoisotopic (exact) mass is 381 g/mol. The van der Waals surface area contributed by atoms with Crippen LogP contribution in [0.3, 0.4) is 0 Å². The lowest BCUT2D eigenvalue weighted by molar-refractivity contribution is 0.251. The summed E-state index contributed by atoms with van der Waals surface area (Å²) in [5.41, 5.74) is 4.96. The van der Waals surface area contributed by atoms with E-state index in [9.17, 15) is 9.18 Å². The Balaban J connectivity index is 1.73. The first-order chi connectivity index (χ1) is 13.4. The molecular formula is C22H24FN3O2. The number of carbonyl (C=O) groups is 1. The number of rotatable bonds is 5. The number of hydrogen-bond donors (Lipinski definition) is 2. The summed E-state index contributed by atoms with van der Waals surface area (Å²) in [7, 11) is 1.65. The van der Waals surface area contributed by atoms with Gasteiger partial charge in [0, 0.05) is 23.6 Å². The van der Waals surface area contributed by atoms with Crippen LogP contribution in [0.15, 0.2) is 48.5 Å². The highest BCUT2D eigenvalue weighted by atomic mass is 19.1. The van der Waals surface area contributed by atoms with Crippen LogP contribution in [0, 0.1) is 26.6 Å². The number of carbonyl (C=O) groups excluding carboxylic acids is 1. The first kappa shape index (κ1) is 19.5. The van der Waals surface area contributed by atoms with E-state index in [2.05, 4.69) is 15.2 Å². The van der Waals surface area contributed by atoms with Gasteiger partial charge < -0.3 is 19.9 Å². The molecule has 3 aromatic rings. The van der Waals surface area contributed by atoms with Crippen molar-refractivity contribution in [1.82, 2.24) is 9.88 Å². The van der Waals surface area contributed by atoms with Gasteiger partial charge in [-0.3, -0.25) is 0 Å². The molecule has 1 heterocycles. The predicted octanol–water partition coefficient (Wildman–Crippen LogP) is 4.87. The largest absolute Gasteiger partial charge is 0.495 e. The number of nitrogens with zero attached hydrogens (tertiary/aromatic N) is 1. The molecule has 0 aliphatic heterocycles. The summed E-state index contributed by atoms with van der Waals surface area (Å²) >= 11 is 0. The van der Waals surface area contributed by atoms with E-state index < -0.39 is 0 Å². The molecule has 0 radical (unpaired) electrons. The van der Waals surface area contributed by atoms with Crippen LogP contribution in [0.5, 0.6) is 5.75 Å². The summed E-state index contributed by atoms with van der Waals surface area (Å²) < 4.78 is 21.2. The van der Waals surface area contributed by atoms with E-state index in [1.807, 2.05) is 44.2 Å². The molecule has 0 atom stereocenters. The van der Waals surface area contributed by atoms with Crippen LogP contribution in [-0.4, -0.2) is 17.7 Å². The molecule has 2 amide bonds. The number of nitrogens with one attached hydrogen (secondary N) is 2. The van der Waals surface area contributed by atoms with Crippen molar-refractivity contribution in [2.75, 3.05) is 12.4 Å². The second kappa shape index (κ2) is 8.17. The molecule has 0 fully saturated rings. The van der Waals surface area contributed by atoms with Gasteiger partial charge in [-0.15, -0.1) is 0 Å². The van der Waals surface area contributed by atoms with Crippen molar-refractivity contribution < 1.29 is 13.9 Å². The number of aromatic nitrogens is 1. The predicted molar refractivity (Wildman–Crippen MR) is 109 cm³/mol. The number of ether oxygens (including phenoxy) is 1. The number of urea groups is 1. The summed E-state index contributed by atoms with van der Waals surface area (Å²) in [6.45, 7) is 6.05. The lowest BCUT2D eigenvalue weighted by Crippen LogP contribution is -2.28. The molecule has 1 aromatic heterocycles. The van der Waals surface area contributed by atoms with Gasteiger partial charge in [-0.25, -0.2) is 9.18 Å². The Morgan fingerprint density at radius 2 is 1.86 bits per heavy atom. The van der Waals surface area contributed by atoms with Crippen LogP contribution < -0.4 is 15.4 Å². The maximum Gasteiger partial charge on any atom is 0.319 e. The normalized spacial score (nSPS) is 10.6. The number of methoxy groups -OCH3 is 1. The number of amides is 2. The quantitative estimate of drug-likeness (QED) is 0.662. The van der Waals surface area contributed by atoms with E-state index in [1.54, 1.807) is 26.2 Å². The fourth-order valence-electron chi connectivity index (χ4n) is 3.21. The highest BCUT2D eigenvalue weighted by Gasteiger charge is 2.14. The lowest BCUT2D eigenvalue weighted by Gasteiger charge is -2.14. The highest BCUT2D eigenvalue weighted by molar-refractivity contribution is 5.89. The zero-order chi connectivity index (χ0) is 20.3. The number of halogens is 1. The van der Waals surface area contributed by atoms with Crippen LogP contribution in [-0.2, 0) is 6.54 Å². The Hall–Kier alpha value is -3.28. The van der Waals surface area contributed by atoms with E-state index in [0.717, 1.165) is 28.4 Å². The summed E-state index contributed by atoms with van der Waals surface area (Å²) in [4.78, 5) is 12.2. The Kier molecular flexibility index (Phi) is 5.68.